The maximum atomic E-state index is 13.5. The second kappa shape index (κ2) is 6.46. The number of benzene rings is 1. The summed E-state index contributed by atoms with van der Waals surface area (Å²) in [5.74, 6) is 0.681. The number of hydrogen-bond donors (Lipinski definition) is 1. The van der Waals surface area contributed by atoms with Crippen LogP contribution >= 0.6 is 11.3 Å². The number of nitrogens with one attached hydrogen (secondary N) is 1. The number of nitrogens with zero attached hydrogens (tertiary/aromatic N) is 2. The molecule has 136 valence electrons. The van der Waals surface area contributed by atoms with E-state index in [4.69, 9.17) is 0 Å². The first kappa shape index (κ1) is 17.1. The van der Waals surface area contributed by atoms with Gasteiger partial charge in [0.2, 0.25) is 0 Å². The summed E-state index contributed by atoms with van der Waals surface area (Å²) < 4.78 is 42.0. The molecule has 3 nitrogen and oxygen atoms in total. The Balaban J connectivity index is 1.95. The average molecular weight is 377 g/mol. The van der Waals surface area contributed by atoms with Crippen molar-refractivity contribution in [1.82, 2.24) is 9.78 Å². The summed E-state index contributed by atoms with van der Waals surface area (Å²) in [7, 11) is 0. The predicted molar refractivity (Wildman–Crippen MR) is 98.0 cm³/mol. The highest BCUT2D eigenvalue weighted by Gasteiger charge is 2.35. The Morgan fingerprint density at radius 1 is 1.19 bits per heavy atom. The highest BCUT2D eigenvalue weighted by molar-refractivity contribution is 7.13. The van der Waals surface area contributed by atoms with Gasteiger partial charge >= 0.3 is 6.18 Å². The van der Waals surface area contributed by atoms with Crippen LogP contribution in [-0.4, -0.2) is 16.3 Å². The molecule has 26 heavy (non-hydrogen) atoms. The molecule has 0 unspecified atom stereocenters. The van der Waals surface area contributed by atoms with Crippen LogP contribution in [0, 0.1) is 6.92 Å². The Morgan fingerprint density at radius 3 is 2.73 bits per heavy atom. The van der Waals surface area contributed by atoms with Crippen LogP contribution in [0.1, 0.15) is 29.5 Å². The normalized spacial score (nSPS) is 14.6. The van der Waals surface area contributed by atoms with Crippen LogP contribution < -0.4 is 5.32 Å². The van der Waals surface area contributed by atoms with E-state index in [9.17, 15) is 13.2 Å². The van der Waals surface area contributed by atoms with Crippen LogP contribution in [0.25, 0.3) is 16.3 Å². The van der Waals surface area contributed by atoms with Gasteiger partial charge in [-0.2, -0.15) is 18.3 Å². The molecule has 0 bridgehead atoms. The molecule has 7 heteroatoms. The molecule has 0 fully saturated rings. The fourth-order valence-electron chi connectivity index (χ4n) is 3.33. The van der Waals surface area contributed by atoms with Crippen LogP contribution in [-0.2, 0) is 12.6 Å². The number of thiophene rings is 1. The summed E-state index contributed by atoms with van der Waals surface area (Å²) in [5, 5.41) is 9.97. The number of rotatable bonds is 2. The zero-order valence-corrected chi connectivity index (χ0v) is 15.0. The van der Waals surface area contributed by atoms with E-state index in [0.717, 1.165) is 53.6 Å². The molecule has 4 rings (SSSR count). The molecule has 0 amide bonds. The fraction of sp³-hybridized carbons (Fsp3) is 0.316. The third-order valence-corrected chi connectivity index (χ3v) is 5.59. The molecule has 1 aromatic carbocycles. The minimum absolute atomic E-state index is 0.0604. The number of halogens is 3. The third kappa shape index (κ3) is 3.00. The quantitative estimate of drug-likeness (QED) is 0.623. The molecular weight excluding hydrogens is 359 g/mol. The van der Waals surface area contributed by atoms with E-state index in [2.05, 4.69) is 10.4 Å². The number of fused-ring (bicyclic) bond motifs is 1. The number of para-hydroxylation sites is 1. The molecule has 0 atom stereocenters. The van der Waals surface area contributed by atoms with Crippen molar-refractivity contribution in [2.45, 2.75) is 32.4 Å². The summed E-state index contributed by atoms with van der Waals surface area (Å²) in [4.78, 5) is 0.991. The minimum atomic E-state index is -4.43. The van der Waals surface area contributed by atoms with Crippen LogP contribution in [0.4, 0.5) is 19.0 Å². The van der Waals surface area contributed by atoms with Crippen molar-refractivity contribution in [2.75, 3.05) is 11.9 Å². The van der Waals surface area contributed by atoms with E-state index in [-0.39, 0.29) is 5.69 Å². The first-order valence-electron chi connectivity index (χ1n) is 8.53. The summed E-state index contributed by atoms with van der Waals surface area (Å²) in [6.07, 6.45) is -1.65. The standard InChI is InChI=1S/C19H18F3N3S/c1-12-10-16(26-11-12)17-13-6-4-5-9-23-18(13)25(24-17)15-8-3-2-7-14(15)19(20,21)22/h2-3,7-8,10-11,23H,4-6,9H2,1H3. The Bertz CT molecular complexity index is 940. The Kier molecular flexibility index (Phi) is 4.26. The lowest BCUT2D eigenvalue weighted by molar-refractivity contribution is -0.137. The maximum Gasteiger partial charge on any atom is 0.418 e. The van der Waals surface area contributed by atoms with Crippen molar-refractivity contribution in [3.8, 4) is 16.3 Å². The molecule has 0 spiro atoms. The van der Waals surface area contributed by atoms with Crippen LogP contribution in [0.15, 0.2) is 35.7 Å². The number of alkyl halides is 3. The number of aromatic nitrogens is 2. The van der Waals surface area contributed by atoms with Crippen molar-refractivity contribution in [1.29, 1.82) is 0 Å². The molecule has 3 aromatic rings. The molecular formula is C19H18F3N3S. The number of anilines is 1. The lowest BCUT2D eigenvalue weighted by atomic mass is 10.1. The summed E-state index contributed by atoms with van der Waals surface area (Å²) >= 11 is 1.57. The SMILES string of the molecule is Cc1csc(-c2nn(-c3ccccc3C(F)(F)F)c3c2CCCCN3)c1. The van der Waals surface area contributed by atoms with Gasteiger partial charge in [-0.05, 0) is 55.3 Å². The largest absolute Gasteiger partial charge is 0.418 e. The number of aryl methyl sites for hydroxylation is 1. The van der Waals surface area contributed by atoms with Gasteiger partial charge < -0.3 is 5.32 Å². The van der Waals surface area contributed by atoms with E-state index in [0.29, 0.717) is 5.82 Å². The van der Waals surface area contributed by atoms with Crippen molar-refractivity contribution in [3.05, 3.63) is 52.4 Å². The predicted octanol–water partition coefficient (Wildman–Crippen LogP) is 5.68. The highest BCUT2D eigenvalue weighted by Crippen LogP contribution is 2.39. The molecule has 1 N–H and O–H groups in total. The molecule has 1 aliphatic rings. The van der Waals surface area contributed by atoms with E-state index >= 15 is 0 Å². The lowest BCUT2D eigenvalue weighted by Crippen LogP contribution is -2.14. The fourth-order valence-corrected chi connectivity index (χ4v) is 4.24. The van der Waals surface area contributed by atoms with Crippen molar-refractivity contribution < 1.29 is 13.2 Å². The van der Waals surface area contributed by atoms with Gasteiger partial charge in [0.05, 0.1) is 16.1 Å². The average Bonchev–Trinajstić information content (AvgIpc) is 3.09. The molecule has 1 aliphatic heterocycles. The molecule has 2 aromatic heterocycles. The Morgan fingerprint density at radius 2 is 2.00 bits per heavy atom. The minimum Gasteiger partial charge on any atom is -0.370 e. The molecule has 0 aliphatic carbocycles. The summed E-state index contributed by atoms with van der Waals surface area (Å²) in [5.41, 5.74) is 2.30. The maximum absolute atomic E-state index is 13.5. The van der Waals surface area contributed by atoms with Gasteiger partial charge in [-0.15, -0.1) is 11.3 Å². The highest BCUT2D eigenvalue weighted by atomic mass is 32.1. The second-order valence-electron chi connectivity index (χ2n) is 6.47. The zero-order valence-electron chi connectivity index (χ0n) is 14.2. The monoisotopic (exact) mass is 377 g/mol. The van der Waals surface area contributed by atoms with E-state index in [1.54, 1.807) is 17.4 Å². The molecule has 0 saturated heterocycles. The third-order valence-electron chi connectivity index (χ3n) is 4.53. The van der Waals surface area contributed by atoms with Gasteiger partial charge in [-0.1, -0.05) is 12.1 Å². The van der Waals surface area contributed by atoms with Crippen LogP contribution in [0.3, 0.4) is 0 Å². The van der Waals surface area contributed by atoms with Gasteiger partial charge in [-0.3, -0.25) is 0 Å². The Hall–Kier alpha value is -2.28. The van der Waals surface area contributed by atoms with Gasteiger partial charge in [0.15, 0.2) is 0 Å². The number of hydrogen-bond acceptors (Lipinski definition) is 3. The van der Waals surface area contributed by atoms with Crippen LogP contribution in [0.5, 0.6) is 0 Å². The van der Waals surface area contributed by atoms with Gasteiger partial charge in [-0.25, -0.2) is 4.68 Å². The first-order valence-corrected chi connectivity index (χ1v) is 9.41. The van der Waals surface area contributed by atoms with E-state index < -0.39 is 11.7 Å². The van der Waals surface area contributed by atoms with Gasteiger partial charge in [0.1, 0.15) is 11.5 Å². The Labute approximate surface area is 153 Å². The second-order valence-corrected chi connectivity index (χ2v) is 7.39. The first-order chi connectivity index (χ1) is 12.4. The van der Waals surface area contributed by atoms with Gasteiger partial charge in [0, 0.05) is 12.1 Å². The summed E-state index contributed by atoms with van der Waals surface area (Å²) in [6, 6.07) is 7.65. The smallest absolute Gasteiger partial charge is 0.370 e. The van der Waals surface area contributed by atoms with E-state index in [1.165, 1.54) is 16.8 Å². The van der Waals surface area contributed by atoms with E-state index in [1.807, 2.05) is 18.4 Å². The molecule has 3 heterocycles. The molecule has 0 radical (unpaired) electrons. The zero-order chi connectivity index (χ0) is 18.3. The van der Waals surface area contributed by atoms with Crippen molar-refractivity contribution in [3.63, 3.8) is 0 Å². The van der Waals surface area contributed by atoms with Crippen molar-refractivity contribution in [2.24, 2.45) is 0 Å². The van der Waals surface area contributed by atoms with Crippen LogP contribution in [0.2, 0.25) is 0 Å². The lowest BCUT2D eigenvalue weighted by Gasteiger charge is -2.15. The van der Waals surface area contributed by atoms with Crippen molar-refractivity contribution >= 4 is 17.2 Å². The molecule has 0 saturated carbocycles. The van der Waals surface area contributed by atoms with Gasteiger partial charge in [0.25, 0.3) is 0 Å². The topological polar surface area (TPSA) is 29.9 Å². The summed E-state index contributed by atoms with van der Waals surface area (Å²) in [6.45, 7) is 2.74.